The van der Waals surface area contributed by atoms with E-state index in [1.165, 1.54) is 7.11 Å². The number of methoxy groups -OCH3 is 1. The van der Waals surface area contributed by atoms with Gasteiger partial charge in [0.2, 0.25) is 5.91 Å². The van der Waals surface area contributed by atoms with Crippen LogP contribution in [0, 0.1) is 5.92 Å². The second-order valence-electron chi connectivity index (χ2n) is 4.59. The van der Waals surface area contributed by atoms with Crippen LogP contribution in [0.4, 0.5) is 0 Å². The van der Waals surface area contributed by atoms with E-state index in [1.54, 1.807) is 13.8 Å². The zero-order chi connectivity index (χ0) is 12.2. The molecule has 0 aromatic rings. The van der Waals surface area contributed by atoms with Crippen LogP contribution in [0.3, 0.4) is 0 Å². The third-order valence-electron chi connectivity index (χ3n) is 2.77. The molecule has 4 nitrogen and oxygen atoms in total. The summed E-state index contributed by atoms with van der Waals surface area (Å²) in [6.45, 7) is 3.30. The lowest BCUT2D eigenvalue weighted by atomic mass is 9.92. The zero-order valence-corrected chi connectivity index (χ0v) is 10.1. The molecule has 0 saturated carbocycles. The monoisotopic (exact) mass is 225 g/mol. The molecule has 16 heavy (non-hydrogen) atoms. The number of hydrogen-bond donors (Lipinski definition) is 1. The van der Waals surface area contributed by atoms with Gasteiger partial charge in [-0.2, -0.15) is 0 Å². The fraction of sp³-hybridized carbons (Fsp3) is 0.667. The van der Waals surface area contributed by atoms with Crippen LogP contribution < -0.4 is 5.32 Å². The summed E-state index contributed by atoms with van der Waals surface area (Å²) in [5.41, 5.74) is -0.951. The molecule has 0 aromatic heterocycles. The van der Waals surface area contributed by atoms with Crippen molar-refractivity contribution in [2.45, 2.75) is 38.6 Å². The van der Waals surface area contributed by atoms with Crippen LogP contribution in [0.2, 0.25) is 0 Å². The number of hydrogen-bond acceptors (Lipinski definition) is 3. The lowest BCUT2D eigenvalue weighted by Crippen LogP contribution is -2.52. The average Bonchev–Trinajstić information content (AvgIpc) is 2.28. The van der Waals surface area contributed by atoms with Gasteiger partial charge in [0.05, 0.1) is 7.11 Å². The van der Waals surface area contributed by atoms with Crippen LogP contribution in [0.1, 0.15) is 33.1 Å². The van der Waals surface area contributed by atoms with Gasteiger partial charge in [-0.15, -0.1) is 0 Å². The predicted molar refractivity (Wildman–Crippen MR) is 60.7 cm³/mol. The Morgan fingerprint density at radius 2 is 2.06 bits per heavy atom. The number of carbonyl (C=O) groups is 2. The van der Waals surface area contributed by atoms with E-state index in [0.29, 0.717) is 0 Å². The van der Waals surface area contributed by atoms with Crippen molar-refractivity contribution in [1.82, 2.24) is 5.32 Å². The Morgan fingerprint density at radius 3 is 2.56 bits per heavy atom. The maximum absolute atomic E-state index is 11.9. The van der Waals surface area contributed by atoms with E-state index >= 15 is 0 Å². The second-order valence-corrected chi connectivity index (χ2v) is 4.59. The Kier molecular flexibility index (Phi) is 4.10. The Bertz CT molecular complexity index is 307. The van der Waals surface area contributed by atoms with Crippen molar-refractivity contribution in [1.29, 1.82) is 0 Å². The summed E-state index contributed by atoms with van der Waals surface area (Å²) in [5.74, 6) is -0.513. The van der Waals surface area contributed by atoms with Crippen molar-refractivity contribution >= 4 is 11.9 Å². The summed E-state index contributed by atoms with van der Waals surface area (Å²) in [7, 11) is 1.32. The summed E-state index contributed by atoms with van der Waals surface area (Å²) in [6.07, 6.45) is 6.62. The minimum absolute atomic E-state index is 0.0195. The quantitative estimate of drug-likeness (QED) is 0.583. The number of amides is 1. The first-order chi connectivity index (χ1) is 7.47. The molecule has 1 aliphatic rings. The van der Waals surface area contributed by atoms with Gasteiger partial charge in [-0.05, 0) is 33.1 Å². The Hall–Kier alpha value is -1.32. The van der Waals surface area contributed by atoms with E-state index in [9.17, 15) is 9.59 Å². The predicted octanol–water partition coefficient (Wildman–Crippen LogP) is 1.41. The maximum Gasteiger partial charge on any atom is 0.330 e. The molecule has 0 aliphatic heterocycles. The van der Waals surface area contributed by atoms with Crippen LogP contribution in [0.15, 0.2) is 12.2 Å². The highest BCUT2D eigenvalue weighted by Crippen LogP contribution is 2.19. The van der Waals surface area contributed by atoms with E-state index in [0.717, 1.165) is 19.3 Å². The van der Waals surface area contributed by atoms with Crippen molar-refractivity contribution in [3.8, 4) is 0 Å². The third-order valence-corrected chi connectivity index (χ3v) is 2.77. The van der Waals surface area contributed by atoms with Crippen molar-refractivity contribution in [3.63, 3.8) is 0 Å². The number of allylic oxidation sites excluding steroid dienone is 2. The first-order valence-electron chi connectivity index (χ1n) is 5.53. The number of carbonyl (C=O) groups excluding carboxylic acids is 2. The summed E-state index contributed by atoms with van der Waals surface area (Å²) in [6, 6.07) is 0. The Morgan fingerprint density at radius 1 is 1.38 bits per heavy atom. The largest absolute Gasteiger partial charge is 0.467 e. The lowest BCUT2D eigenvalue weighted by molar-refractivity contribution is -0.150. The smallest absolute Gasteiger partial charge is 0.330 e. The molecule has 1 rings (SSSR count). The van der Waals surface area contributed by atoms with Crippen LogP contribution in [0.25, 0.3) is 0 Å². The summed E-state index contributed by atoms with van der Waals surface area (Å²) in [5, 5.41) is 2.73. The van der Waals surface area contributed by atoms with E-state index in [1.807, 2.05) is 6.08 Å². The van der Waals surface area contributed by atoms with Gasteiger partial charge in [0, 0.05) is 5.92 Å². The molecule has 1 aliphatic carbocycles. The first-order valence-corrected chi connectivity index (χ1v) is 5.53. The van der Waals surface area contributed by atoms with Crippen LogP contribution in [-0.2, 0) is 14.3 Å². The van der Waals surface area contributed by atoms with Gasteiger partial charge in [0.25, 0.3) is 0 Å². The number of ether oxygens (including phenoxy) is 1. The summed E-state index contributed by atoms with van der Waals surface area (Å²) in [4.78, 5) is 23.3. The Labute approximate surface area is 96.0 Å². The SMILES string of the molecule is COC(=O)C(C)(C)NC(=O)[C@@H]1CC=CCC1. The van der Waals surface area contributed by atoms with Gasteiger partial charge in [0.1, 0.15) is 5.54 Å². The van der Waals surface area contributed by atoms with Gasteiger partial charge in [-0.25, -0.2) is 4.79 Å². The Balaban J connectivity index is 2.56. The van der Waals surface area contributed by atoms with Crippen molar-refractivity contribution < 1.29 is 14.3 Å². The highest BCUT2D eigenvalue weighted by atomic mass is 16.5. The van der Waals surface area contributed by atoms with Gasteiger partial charge >= 0.3 is 5.97 Å². The minimum atomic E-state index is -0.951. The van der Waals surface area contributed by atoms with E-state index < -0.39 is 11.5 Å². The van der Waals surface area contributed by atoms with Gasteiger partial charge in [-0.1, -0.05) is 12.2 Å². The standard InChI is InChI=1S/C12H19NO3/c1-12(2,11(15)16-3)13-10(14)9-7-5-4-6-8-9/h4-5,9H,6-8H2,1-3H3,(H,13,14)/t9-/m1/s1. The number of nitrogens with one attached hydrogen (secondary N) is 1. The molecule has 90 valence electrons. The molecule has 0 spiro atoms. The zero-order valence-electron chi connectivity index (χ0n) is 10.1. The van der Waals surface area contributed by atoms with Crippen LogP contribution in [-0.4, -0.2) is 24.5 Å². The fourth-order valence-electron chi connectivity index (χ4n) is 1.75. The molecule has 0 radical (unpaired) electrons. The van der Waals surface area contributed by atoms with Crippen LogP contribution >= 0.6 is 0 Å². The molecule has 0 heterocycles. The molecular weight excluding hydrogens is 206 g/mol. The molecule has 0 bridgehead atoms. The number of esters is 1. The van der Waals surface area contributed by atoms with Crippen LogP contribution in [0.5, 0.6) is 0 Å². The maximum atomic E-state index is 11.9. The van der Waals surface area contributed by atoms with Crippen molar-refractivity contribution in [2.75, 3.05) is 7.11 Å². The molecule has 1 N–H and O–H groups in total. The topological polar surface area (TPSA) is 55.4 Å². The number of rotatable bonds is 3. The molecule has 4 heteroatoms. The second kappa shape index (κ2) is 5.14. The van der Waals surface area contributed by atoms with E-state index in [4.69, 9.17) is 0 Å². The molecule has 1 atom stereocenters. The molecule has 0 unspecified atom stereocenters. The first kappa shape index (κ1) is 12.7. The average molecular weight is 225 g/mol. The highest BCUT2D eigenvalue weighted by Gasteiger charge is 2.32. The molecule has 0 aromatic carbocycles. The molecular formula is C12H19NO3. The molecule has 0 saturated heterocycles. The highest BCUT2D eigenvalue weighted by molar-refractivity contribution is 5.88. The van der Waals surface area contributed by atoms with Gasteiger partial charge in [-0.3, -0.25) is 4.79 Å². The van der Waals surface area contributed by atoms with E-state index in [2.05, 4.69) is 16.1 Å². The van der Waals surface area contributed by atoms with Crippen molar-refractivity contribution in [3.05, 3.63) is 12.2 Å². The lowest BCUT2D eigenvalue weighted by Gasteiger charge is -2.26. The molecule has 0 fully saturated rings. The summed E-state index contributed by atoms with van der Waals surface area (Å²) >= 11 is 0. The van der Waals surface area contributed by atoms with Gasteiger partial charge in [0.15, 0.2) is 0 Å². The molecule has 1 amide bonds. The van der Waals surface area contributed by atoms with Gasteiger partial charge < -0.3 is 10.1 Å². The fourth-order valence-corrected chi connectivity index (χ4v) is 1.75. The third kappa shape index (κ3) is 3.08. The van der Waals surface area contributed by atoms with Crippen molar-refractivity contribution in [2.24, 2.45) is 5.92 Å². The van der Waals surface area contributed by atoms with E-state index in [-0.39, 0.29) is 11.8 Å². The normalized spacial score (nSPS) is 20.3. The summed E-state index contributed by atoms with van der Waals surface area (Å²) < 4.78 is 4.64. The minimum Gasteiger partial charge on any atom is -0.467 e.